The molecule has 3 N–H and O–H groups in total. The van der Waals surface area contributed by atoms with Crippen LogP contribution in [0.5, 0.6) is 0 Å². The number of anilines is 1. The number of amides is 1. The largest absolute Gasteiger partial charge is 0.460 e. The standard InChI is InChI=1S/C20H29FN4O4/c1-24(18(26)8-11-28-2)15-6-9-25(10-7-15)16-5-3-4-14(20(16)21)13-29-19(27)12-17(22)23/h3-5,15H,6-13H2,1-2H3,(H3,22,23). The second kappa shape index (κ2) is 10.8. The number of hydrogen-bond acceptors (Lipinski definition) is 6. The first-order valence-corrected chi connectivity index (χ1v) is 9.59. The SMILES string of the molecule is COCCC(=O)N(C)C1CCN(c2cccc(COC(=O)CC(=N)N)c2F)CC1. The Hall–Kier alpha value is -2.68. The Morgan fingerprint density at radius 3 is 2.66 bits per heavy atom. The molecule has 1 aliphatic heterocycles. The van der Waals surface area contributed by atoms with Crippen molar-refractivity contribution in [1.82, 2.24) is 4.90 Å². The number of nitrogens with zero attached hydrogens (tertiary/aromatic N) is 2. The summed E-state index contributed by atoms with van der Waals surface area (Å²) in [5.74, 6) is -1.33. The number of amidine groups is 1. The molecule has 0 spiro atoms. The van der Waals surface area contributed by atoms with E-state index >= 15 is 0 Å². The van der Waals surface area contributed by atoms with Crippen LogP contribution in [0, 0.1) is 11.2 Å². The molecule has 9 heteroatoms. The first-order chi connectivity index (χ1) is 13.8. The highest BCUT2D eigenvalue weighted by atomic mass is 19.1. The van der Waals surface area contributed by atoms with Crippen molar-refractivity contribution in [2.75, 3.05) is 38.8 Å². The van der Waals surface area contributed by atoms with Crippen molar-refractivity contribution >= 4 is 23.4 Å². The van der Waals surface area contributed by atoms with Crippen molar-refractivity contribution < 1.29 is 23.5 Å². The Morgan fingerprint density at radius 2 is 2.03 bits per heavy atom. The maximum atomic E-state index is 14.9. The zero-order valence-electron chi connectivity index (χ0n) is 16.9. The lowest BCUT2D eigenvalue weighted by Crippen LogP contribution is -2.46. The summed E-state index contributed by atoms with van der Waals surface area (Å²) in [6.07, 6.45) is 1.52. The van der Waals surface area contributed by atoms with Crippen LogP contribution in [0.1, 0.15) is 31.2 Å². The van der Waals surface area contributed by atoms with E-state index in [9.17, 15) is 14.0 Å². The molecule has 0 unspecified atom stereocenters. The molecule has 0 bridgehead atoms. The maximum Gasteiger partial charge on any atom is 0.313 e. The Morgan fingerprint density at radius 1 is 1.34 bits per heavy atom. The van der Waals surface area contributed by atoms with Gasteiger partial charge in [-0.1, -0.05) is 12.1 Å². The van der Waals surface area contributed by atoms with Crippen molar-refractivity contribution in [2.45, 2.75) is 38.3 Å². The lowest BCUT2D eigenvalue weighted by Gasteiger charge is -2.38. The fraction of sp³-hybridized carbons (Fsp3) is 0.550. The topological polar surface area (TPSA) is 109 Å². The normalized spacial score (nSPS) is 14.5. The van der Waals surface area contributed by atoms with Crippen LogP contribution < -0.4 is 10.6 Å². The Labute approximate surface area is 170 Å². The van der Waals surface area contributed by atoms with Crippen LogP contribution in [0.25, 0.3) is 0 Å². The van der Waals surface area contributed by atoms with Gasteiger partial charge in [0.2, 0.25) is 5.91 Å². The van der Waals surface area contributed by atoms with Crippen LogP contribution in [-0.2, 0) is 25.7 Å². The third kappa shape index (κ3) is 6.42. The minimum atomic E-state index is -0.663. The van der Waals surface area contributed by atoms with Crippen LogP contribution >= 0.6 is 0 Å². The third-order valence-corrected chi connectivity index (χ3v) is 5.05. The van der Waals surface area contributed by atoms with E-state index in [1.54, 1.807) is 37.3 Å². The summed E-state index contributed by atoms with van der Waals surface area (Å²) >= 11 is 0. The fourth-order valence-electron chi connectivity index (χ4n) is 3.35. The number of benzene rings is 1. The highest BCUT2D eigenvalue weighted by molar-refractivity contribution is 5.94. The number of rotatable bonds is 9. The number of methoxy groups -OCH3 is 1. The quantitative estimate of drug-likeness (QED) is 0.365. The molecular formula is C20H29FN4O4. The molecule has 1 aromatic carbocycles. The lowest BCUT2D eigenvalue weighted by atomic mass is 10.0. The second-order valence-corrected chi connectivity index (χ2v) is 7.08. The minimum Gasteiger partial charge on any atom is -0.460 e. The first-order valence-electron chi connectivity index (χ1n) is 9.59. The van der Waals surface area contributed by atoms with Crippen LogP contribution in [0.3, 0.4) is 0 Å². The molecule has 0 atom stereocenters. The molecule has 0 saturated carbocycles. The van der Waals surface area contributed by atoms with E-state index in [2.05, 4.69) is 0 Å². The molecule has 1 heterocycles. The molecular weight excluding hydrogens is 379 g/mol. The predicted octanol–water partition coefficient (Wildman–Crippen LogP) is 1.66. The van der Waals surface area contributed by atoms with E-state index in [1.165, 1.54) is 0 Å². The summed E-state index contributed by atoms with van der Waals surface area (Å²) in [5.41, 5.74) is 5.89. The summed E-state index contributed by atoms with van der Waals surface area (Å²) in [7, 11) is 3.37. The molecule has 1 aromatic rings. The van der Waals surface area contributed by atoms with Gasteiger partial charge in [0.1, 0.15) is 18.9 Å². The zero-order chi connectivity index (χ0) is 21.4. The first kappa shape index (κ1) is 22.6. The summed E-state index contributed by atoms with van der Waals surface area (Å²) < 4.78 is 24.9. The Bertz CT molecular complexity index is 735. The summed E-state index contributed by atoms with van der Waals surface area (Å²) in [5, 5.41) is 7.09. The number of carbonyl (C=O) groups excluding carboxylic acids is 2. The average molecular weight is 408 g/mol. The van der Waals surface area contributed by atoms with Crippen molar-refractivity contribution in [2.24, 2.45) is 5.73 Å². The molecule has 1 saturated heterocycles. The molecule has 0 radical (unpaired) electrons. The van der Waals surface area contributed by atoms with Gasteiger partial charge < -0.3 is 25.0 Å². The van der Waals surface area contributed by atoms with E-state index < -0.39 is 11.8 Å². The van der Waals surface area contributed by atoms with E-state index in [0.717, 1.165) is 12.8 Å². The van der Waals surface area contributed by atoms with Gasteiger partial charge in [-0.05, 0) is 18.9 Å². The second-order valence-electron chi connectivity index (χ2n) is 7.08. The number of nitrogens with one attached hydrogen (secondary N) is 1. The monoisotopic (exact) mass is 408 g/mol. The molecule has 1 aliphatic rings. The molecule has 8 nitrogen and oxygen atoms in total. The van der Waals surface area contributed by atoms with E-state index in [0.29, 0.717) is 31.8 Å². The van der Waals surface area contributed by atoms with Gasteiger partial charge in [0.05, 0.1) is 18.7 Å². The number of ether oxygens (including phenoxy) is 2. The molecule has 160 valence electrons. The van der Waals surface area contributed by atoms with Gasteiger partial charge >= 0.3 is 5.97 Å². The van der Waals surface area contributed by atoms with Gasteiger partial charge in [-0.15, -0.1) is 0 Å². The van der Waals surface area contributed by atoms with E-state index in [4.69, 9.17) is 20.6 Å². The summed E-state index contributed by atoms with van der Waals surface area (Å²) in [6, 6.07) is 5.10. The summed E-state index contributed by atoms with van der Waals surface area (Å²) in [4.78, 5) is 27.4. The minimum absolute atomic E-state index is 0.0471. The van der Waals surface area contributed by atoms with Gasteiger partial charge in [0.15, 0.2) is 5.82 Å². The average Bonchev–Trinajstić information content (AvgIpc) is 2.70. The van der Waals surface area contributed by atoms with Crippen LogP contribution in [0.15, 0.2) is 18.2 Å². The maximum absolute atomic E-state index is 14.9. The van der Waals surface area contributed by atoms with Gasteiger partial charge in [-0.25, -0.2) is 4.39 Å². The highest BCUT2D eigenvalue weighted by Crippen LogP contribution is 2.27. The molecule has 1 amide bonds. The Kier molecular flexibility index (Phi) is 8.38. The zero-order valence-corrected chi connectivity index (χ0v) is 16.9. The number of hydrogen-bond donors (Lipinski definition) is 2. The summed E-state index contributed by atoms with van der Waals surface area (Å²) in [6.45, 7) is 1.43. The predicted molar refractivity (Wildman–Crippen MR) is 107 cm³/mol. The van der Waals surface area contributed by atoms with Crippen LogP contribution in [0.4, 0.5) is 10.1 Å². The van der Waals surface area contributed by atoms with Crippen molar-refractivity contribution in [3.05, 3.63) is 29.6 Å². The van der Waals surface area contributed by atoms with E-state index in [1.807, 2.05) is 4.90 Å². The van der Waals surface area contributed by atoms with Gasteiger partial charge in [-0.2, -0.15) is 0 Å². The van der Waals surface area contributed by atoms with Gasteiger partial charge in [0.25, 0.3) is 0 Å². The number of esters is 1. The van der Waals surface area contributed by atoms with Gasteiger partial charge in [0, 0.05) is 38.9 Å². The van der Waals surface area contributed by atoms with E-state index in [-0.39, 0.29) is 36.4 Å². The molecule has 0 aliphatic carbocycles. The molecule has 2 rings (SSSR count). The molecule has 1 fully saturated rings. The van der Waals surface area contributed by atoms with Crippen molar-refractivity contribution in [3.8, 4) is 0 Å². The number of nitrogens with two attached hydrogens (primary N) is 1. The van der Waals surface area contributed by atoms with Gasteiger partial charge in [-0.3, -0.25) is 15.0 Å². The lowest BCUT2D eigenvalue weighted by molar-refractivity contribution is -0.143. The molecule has 29 heavy (non-hydrogen) atoms. The number of carbonyl (C=O) groups is 2. The Balaban J connectivity index is 1.94. The van der Waals surface area contributed by atoms with Crippen LogP contribution in [0.2, 0.25) is 0 Å². The third-order valence-electron chi connectivity index (χ3n) is 5.05. The van der Waals surface area contributed by atoms with Crippen molar-refractivity contribution in [3.63, 3.8) is 0 Å². The highest BCUT2D eigenvalue weighted by Gasteiger charge is 2.27. The molecule has 0 aromatic heterocycles. The van der Waals surface area contributed by atoms with Crippen molar-refractivity contribution in [1.29, 1.82) is 5.41 Å². The smallest absolute Gasteiger partial charge is 0.313 e. The number of piperidine rings is 1. The number of halogens is 1. The fourth-order valence-corrected chi connectivity index (χ4v) is 3.35. The van der Waals surface area contributed by atoms with Crippen LogP contribution in [-0.4, -0.2) is 62.5 Å².